The molecule has 1 rings (SSSR count). The first-order chi connectivity index (χ1) is 6.77. The third-order valence-electron chi connectivity index (χ3n) is 2.89. The van der Waals surface area contributed by atoms with Crippen molar-refractivity contribution in [3.63, 3.8) is 0 Å². The average Bonchev–Trinajstić information content (AvgIpc) is 2.59. The zero-order valence-electron chi connectivity index (χ0n) is 9.26. The summed E-state index contributed by atoms with van der Waals surface area (Å²) in [5.74, 6) is 0. The summed E-state index contributed by atoms with van der Waals surface area (Å²) >= 11 is 0. The monoisotopic (exact) mass is 194 g/mol. The first-order valence-electron chi connectivity index (χ1n) is 5.91. The molecule has 0 spiro atoms. The largest absolute Gasteiger partial charge is 0.385 e. The van der Waals surface area contributed by atoms with Crippen molar-refractivity contribution in [1.82, 2.24) is 0 Å². The van der Waals surface area contributed by atoms with Crippen LogP contribution >= 0.6 is 0 Å². The normalized spacial score (nSPS) is 19.0. The van der Waals surface area contributed by atoms with Crippen molar-refractivity contribution in [2.24, 2.45) is 0 Å². The maximum Gasteiger partial charge on any atom is 0.0900 e. The van der Waals surface area contributed by atoms with Crippen molar-refractivity contribution in [2.45, 2.75) is 63.9 Å². The van der Waals surface area contributed by atoms with E-state index in [4.69, 9.17) is 0 Å². The van der Waals surface area contributed by atoms with Gasteiger partial charge in [-0.3, -0.25) is 0 Å². The SMILES string of the molecule is CCCCCC=C=CC1(O)CCCC1. The van der Waals surface area contributed by atoms with E-state index in [0.29, 0.717) is 0 Å². The Hall–Kier alpha value is -0.520. The standard InChI is InChI=1S/C13H22O/c1-2-3-4-5-6-7-10-13(14)11-8-9-12-13/h6,10,14H,2-5,8-9,11-12H2,1H3. The van der Waals surface area contributed by atoms with Crippen molar-refractivity contribution < 1.29 is 5.11 Å². The third kappa shape index (κ3) is 4.13. The van der Waals surface area contributed by atoms with Gasteiger partial charge in [0.1, 0.15) is 0 Å². The Morgan fingerprint density at radius 2 is 2.00 bits per heavy atom. The van der Waals surface area contributed by atoms with Crippen LogP contribution in [0.15, 0.2) is 17.9 Å². The molecule has 1 nitrogen and oxygen atoms in total. The van der Waals surface area contributed by atoms with E-state index in [1.165, 1.54) is 19.3 Å². The molecule has 0 aromatic heterocycles. The molecule has 80 valence electrons. The Kier molecular flexibility index (Phi) is 5.00. The summed E-state index contributed by atoms with van der Waals surface area (Å²) in [5.41, 5.74) is 2.60. The van der Waals surface area contributed by atoms with Crippen LogP contribution in [0.4, 0.5) is 0 Å². The minimum Gasteiger partial charge on any atom is -0.385 e. The van der Waals surface area contributed by atoms with Gasteiger partial charge in [0.15, 0.2) is 0 Å². The van der Waals surface area contributed by atoms with Crippen molar-refractivity contribution in [3.8, 4) is 0 Å². The topological polar surface area (TPSA) is 20.2 Å². The fourth-order valence-electron chi connectivity index (χ4n) is 1.93. The van der Waals surface area contributed by atoms with Gasteiger partial charge in [-0.15, -0.1) is 5.73 Å². The molecule has 1 saturated carbocycles. The average molecular weight is 194 g/mol. The molecule has 1 N–H and O–H groups in total. The molecule has 0 heterocycles. The van der Waals surface area contributed by atoms with Crippen LogP contribution in [-0.2, 0) is 0 Å². The maximum absolute atomic E-state index is 9.96. The van der Waals surface area contributed by atoms with Crippen LogP contribution in [0.2, 0.25) is 0 Å². The molecule has 0 unspecified atom stereocenters. The molecular formula is C13H22O. The van der Waals surface area contributed by atoms with Gasteiger partial charge in [-0.2, -0.15) is 0 Å². The Bertz CT molecular complexity index is 205. The molecule has 0 radical (unpaired) electrons. The Balaban J connectivity index is 2.23. The van der Waals surface area contributed by atoms with E-state index in [-0.39, 0.29) is 0 Å². The van der Waals surface area contributed by atoms with Gasteiger partial charge in [-0.25, -0.2) is 0 Å². The molecule has 0 amide bonds. The summed E-state index contributed by atoms with van der Waals surface area (Å²) in [6.07, 6.45) is 13.0. The summed E-state index contributed by atoms with van der Waals surface area (Å²) < 4.78 is 0. The van der Waals surface area contributed by atoms with Gasteiger partial charge in [0, 0.05) is 0 Å². The van der Waals surface area contributed by atoms with Crippen LogP contribution in [0.3, 0.4) is 0 Å². The van der Waals surface area contributed by atoms with Gasteiger partial charge in [-0.05, 0) is 37.8 Å². The maximum atomic E-state index is 9.96. The molecule has 0 aromatic carbocycles. The van der Waals surface area contributed by atoms with Crippen LogP contribution in [0.25, 0.3) is 0 Å². The summed E-state index contributed by atoms with van der Waals surface area (Å²) in [5, 5.41) is 9.96. The van der Waals surface area contributed by atoms with Crippen LogP contribution in [0.5, 0.6) is 0 Å². The number of rotatable bonds is 5. The molecule has 1 aliphatic carbocycles. The van der Waals surface area contributed by atoms with Gasteiger partial charge < -0.3 is 5.11 Å². The first-order valence-corrected chi connectivity index (χ1v) is 5.91. The molecule has 1 heteroatoms. The second-order valence-corrected chi connectivity index (χ2v) is 4.32. The van der Waals surface area contributed by atoms with E-state index in [9.17, 15) is 5.11 Å². The van der Waals surface area contributed by atoms with Crippen LogP contribution in [0.1, 0.15) is 58.3 Å². The highest BCUT2D eigenvalue weighted by molar-refractivity contribution is 5.03. The summed E-state index contributed by atoms with van der Waals surface area (Å²) in [6, 6.07) is 0. The minimum absolute atomic E-state index is 0.527. The first kappa shape index (κ1) is 11.6. The molecule has 14 heavy (non-hydrogen) atoms. The van der Waals surface area contributed by atoms with Gasteiger partial charge >= 0.3 is 0 Å². The molecule has 1 fully saturated rings. The molecule has 1 aliphatic rings. The zero-order chi connectivity index (χ0) is 10.3. The number of aliphatic hydroxyl groups is 1. The van der Waals surface area contributed by atoms with Crippen molar-refractivity contribution in [3.05, 3.63) is 17.9 Å². The van der Waals surface area contributed by atoms with Crippen molar-refractivity contribution in [2.75, 3.05) is 0 Å². The molecule has 0 aromatic rings. The second kappa shape index (κ2) is 6.06. The molecular weight excluding hydrogens is 172 g/mol. The van der Waals surface area contributed by atoms with Crippen LogP contribution < -0.4 is 0 Å². The summed E-state index contributed by atoms with van der Waals surface area (Å²) in [7, 11) is 0. The highest BCUT2D eigenvalue weighted by Gasteiger charge is 2.27. The Labute approximate surface area is 87.5 Å². The molecule has 0 saturated heterocycles. The van der Waals surface area contributed by atoms with E-state index in [0.717, 1.165) is 32.1 Å². The van der Waals surface area contributed by atoms with Crippen molar-refractivity contribution in [1.29, 1.82) is 0 Å². The van der Waals surface area contributed by atoms with E-state index < -0.39 is 5.60 Å². The number of hydrogen-bond donors (Lipinski definition) is 1. The molecule has 0 atom stereocenters. The Morgan fingerprint density at radius 3 is 2.64 bits per heavy atom. The van der Waals surface area contributed by atoms with Crippen LogP contribution in [-0.4, -0.2) is 10.7 Å². The van der Waals surface area contributed by atoms with Gasteiger partial charge in [0.25, 0.3) is 0 Å². The third-order valence-corrected chi connectivity index (χ3v) is 2.89. The number of unbranched alkanes of at least 4 members (excludes halogenated alkanes) is 3. The number of hydrogen-bond acceptors (Lipinski definition) is 1. The lowest BCUT2D eigenvalue weighted by atomic mass is 10.0. The smallest absolute Gasteiger partial charge is 0.0900 e. The van der Waals surface area contributed by atoms with E-state index in [1.54, 1.807) is 0 Å². The highest BCUT2D eigenvalue weighted by Crippen LogP contribution is 2.30. The fourth-order valence-corrected chi connectivity index (χ4v) is 1.93. The minimum atomic E-state index is -0.527. The summed E-state index contributed by atoms with van der Waals surface area (Å²) in [4.78, 5) is 0. The predicted molar refractivity (Wildman–Crippen MR) is 60.2 cm³/mol. The predicted octanol–water partition coefficient (Wildman–Crippen LogP) is 3.58. The van der Waals surface area contributed by atoms with Gasteiger partial charge in [0.2, 0.25) is 0 Å². The molecule has 0 bridgehead atoms. The lowest BCUT2D eigenvalue weighted by molar-refractivity contribution is 0.0994. The molecule has 0 aliphatic heterocycles. The van der Waals surface area contributed by atoms with E-state index in [1.807, 2.05) is 6.08 Å². The van der Waals surface area contributed by atoms with E-state index in [2.05, 4.69) is 18.7 Å². The van der Waals surface area contributed by atoms with E-state index >= 15 is 0 Å². The fraction of sp³-hybridized carbons (Fsp3) is 0.769. The van der Waals surface area contributed by atoms with Gasteiger partial charge in [0.05, 0.1) is 5.60 Å². The quantitative estimate of drug-likeness (QED) is 0.524. The Morgan fingerprint density at radius 1 is 1.29 bits per heavy atom. The lowest BCUT2D eigenvalue weighted by Crippen LogP contribution is -2.19. The zero-order valence-corrected chi connectivity index (χ0v) is 9.26. The second-order valence-electron chi connectivity index (χ2n) is 4.32. The van der Waals surface area contributed by atoms with Crippen LogP contribution in [0, 0.1) is 0 Å². The lowest BCUT2D eigenvalue weighted by Gasteiger charge is -2.14. The highest BCUT2D eigenvalue weighted by atomic mass is 16.3. The van der Waals surface area contributed by atoms with Crippen molar-refractivity contribution >= 4 is 0 Å². The summed E-state index contributed by atoms with van der Waals surface area (Å²) in [6.45, 7) is 2.21. The van der Waals surface area contributed by atoms with Gasteiger partial charge in [-0.1, -0.05) is 32.6 Å².